The Morgan fingerprint density at radius 1 is 1.38 bits per heavy atom. The van der Waals surface area contributed by atoms with Crippen LogP contribution >= 0.6 is 7.82 Å². The summed E-state index contributed by atoms with van der Waals surface area (Å²) in [5, 5.41) is 0. The van der Waals surface area contributed by atoms with E-state index >= 15 is 0 Å². The Morgan fingerprint density at radius 3 is 1.50 bits per heavy atom. The van der Waals surface area contributed by atoms with E-state index < -0.39 is 7.82 Å². The van der Waals surface area contributed by atoms with Crippen LogP contribution in [0.4, 0.5) is 4.53 Å². The molecular formula is FNa2O4P. The van der Waals surface area contributed by atoms with Gasteiger partial charge in [0.15, 0.2) is 0 Å². The van der Waals surface area contributed by atoms with Crippen LogP contribution in [0.5, 0.6) is 0 Å². The Morgan fingerprint density at radius 2 is 1.50 bits per heavy atom. The second-order valence-corrected chi connectivity index (χ2v) is 1.55. The van der Waals surface area contributed by atoms with Crippen molar-refractivity contribution in [3.63, 3.8) is 0 Å². The topological polar surface area (TPSA) is 72.4 Å². The summed E-state index contributed by atoms with van der Waals surface area (Å²) in [5.41, 5.74) is 0. The third-order valence-corrected chi connectivity index (χ3v) is 0.254. The largest absolute Gasteiger partial charge is 1.00 e. The average molecular weight is 160 g/mol. The molecule has 0 saturated carbocycles. The van der Waals surface area contributed by atoms with Crippen molar-refractivity contribution in [3.05, 3.63) is 0 Å². The molecule has 0 aliphatic heterocycles. The molecule has 0 atom stereocenters. The monoisotopic (exact) mass is 160 g/mol. The maximum absolute atomic E-state index is 10.1. The minimum Gasteiger partial charge on any atom is -0.787 e. The van der Waals surface area contributed by atoms with E-state index in [1.165, 1.54) is 0 Å². The van der Waals surface area contributed by atoms with Gasteiger partial charge in [0.2, 0.25) is 0 Å². The maximum atomic E-state index is 10.1. The molecule has 0 spiro atoms. The SMILES string of the molecule is O=P([O-])([O-])OF.[Na+].[Na+]. The minimum atomic E-state index is -5.31. The van der Waals surface area contributed by atoms with Crippen LogP contribution in [0, 0.1) is 0 Å². The van der Waals surface area contributed by atoms with Crippen LogP contribution < -0.4 is 68.9 Å². The van der Waals surface area contributed by atoms with Crippen LogP contribution in [0.3, 0.4) is 0 Å². The summed E-state index contributed by atoms with van der Waals surface area (Å²) in [6, 6.07) is 0. The fourth-order valence-corrected chi connectivity index (χ4v) is 0. The molecule has 0 unspecified atom stereocenters. The molecule has 0 aromatic carbocycles. The van der Waals surface area contributed by atoms with E-state index in [0.717, 1.165) is 0 Å². The number of phosphoric acid groups is 1. The number of hydrogen-bond donors (Lipinski definition) is 0. The van der Waals surface area contributed by atoms with E-state index in [0.29, 0.717) is 0 Å². The van der Waals surface area contributed by atoms with Crippen molar-refractivity contribution in [2.45, 2.75) is 0 Å². The third kappa shape index (κ3) is 15.7. The van der Waals surface area contributed by atoms with Crippen molar-refractivity contribution >= 4 is 7.82 Å². The molecule has 0 N–H and O–H groups in total. The normalized spacial score (nSPS) is 8.88. The van der Waals surface area contributed by atoms with Gasteiger partial charge < -0.3 is 14.4 Å². The van der Waals surface area contributed by atoms with Gasteiger partial charge in [-0.3, -0.25) is 0 Å². The second kappa shape index (κ2) is 7.15. The summed E-state index contributed by atoms with van der Waals surface area (Å²) in [4.78, 5) is 17.8. The summed E-state index contributed by atoms with van der Waals surface area (Å²) in [5.74, 6) is 0. The molecule has 0 saturated heterocycles. The number of hydrogen-bond acceptors (Lipinski definition) is 4. The molecule has 0 radical (unpaired) electrons. The van der Waals surface area contributed by atoms with E-state index in [1.54, 1.807) is 0 Å². The Balaban J connectivity index is -0.000000125. The van der Waals surface area contributed by atoms with Gasteiger partial charge >= 0.3 is 59.1 Å². The van der Waals surface area contributed by atoms with E-state index in [1.807, 2.05) is 4.73 Å². The number of rotatable bonds is 1. The standard InChI is InChI=1S/FH2O4P.2Na/c1-5-6(2,3)4;;/h(H2,2,3,4);;/q;2*+1/p-2. The molecule has 0 rings (SSSR count). The molecule has 8 heteroatoms. The molecule has 0 bridgehead atoms. The zero-order valence-corrected chi connectivity index (χ0v) is 9.35. The zero-order valence-electron chi connectivity index (χ0n) is 4.46. The molecule has 0 aliphatic carbocycles. The van der Waals surface area contributed by atoms with Crippen LogP contribution in [0.25, 0.3) is 0 Å². The van der Waals surface area contributed by atoms with Gasteiger partial charge in [-0.2, -0.15) is 4.73 Å². The van der Waals surface area contributed by atoms with Gasteiger partial charge in [-0.25, -0.2) is 0 Å². The second-order valence-electron chi connectivity index (χ2n) is 0.516. The minimum absolute atomic E-state index is 0. The van der Waals surface area contributed by atoms with Gasteiger partial charge in [0.05, 0.1) is 0 Å². The van der Waals surface area contributed by atoms with Crippen LogP contribution in [-0.4, -0.2) is 0 Å². The van der Waals surface area contributed by atoms with Crippen LogP contribution in [0.1, 0.15) is 0 Å². The first kappa shape index (κ1) is 16.6. The summed E-state index contributed by atoms with van der Waals surface area (Å²) in [6.07, 6.45) is 0. The fourth-order valence-electron chi connectivity index (χ4n) is 0. The Labute approximate surface area is 89.5 Å². The van der Waals surface area contributed by atoms with E-state index in [2.05, 4.69) is 0 Å². The van der Waals surface area contributed by atoms with E-state index in [-0.39, 0.29) is 59.1 Å². The van der Waals surface area contributed by atoms with Gasteiger partial charge in [-0.1, -0.05) is 0 Å². The van der Waals surface area contributed by atoms with Crippen molar-refractivity contribution in [1.82, 2.24) is 0 Å². The fraction of sp³-hybridized carbons (Fsp3) is 0. The summed E-state index contributed by atoms with van der Waals surface area (Å²) in [7, 11) is -5.31. The Hall–Kier alpha value is 2.04. The smallest absolute Gasteiger partial charge is 0.787 e. The van der Waals surface area contributed by atoms with Gasteiger partial charge in [-0.15, -0.1) is 0 Å². The molecule has 0 aromatic heterocycles. The van der Waals surface area contributed by atoms with Crippen LogP contribution in [0.15, 0.2) is 0 Å². The molecule has 8 heavy (non-hydrogen) atoms. The number of halogens is 1. The summed E-state index contributed by atoms with van der Waals surface area (Å²) < 4.78 is 20.9. The summed E-state index contributed by atoms with van der Waals surface area (Å²) >= 11 is 0. The van der Waals surface area contributed by atoms with E-state index in [4.69, 9.17) is 14.4 Å². The Bertz CT molecular complexity index is 78.1. The Kier molecular flexibility index (Phi) is 14.8. The van der Waals surface area contributed by atoms with Crippen molar-refractivity contribution in [2.24, 2.45) is 0 Å². The molecule has 4 nitrogen and oxygen atoms in total. The predicted molar refractivity (Wildman–Crippen MR) is 9.80 cm³/mol. The molecule has 0 amide bonds. The van der Waals surface area contributed by atoms with Crippen molar-refractivity contribution in [2.75, 3.05) is 0 Å². The van der Waals surface area contributed by atoms with Gasteiger partial charge in [0.1, 0.15) is 7.82 Å². The molecular weight excluding hydrogens is 160 g/mol. The molecule has 0 fully saturated rings. The van der Waals surface area contributed by atoms with Gasteiger partial charge in [0, 0.05) is 0 Å². The van der Waals surface area contributed by atoms with Crippen LogP contribution in [0.2, 0.25) is 0 Å². The first-order chi connectivity index (χ1) is 2.56. The van der Waals surface area contributed by atoms with E-state index in [9.17, 15) is 4.53 Å². The molecule has 0 heterocycles. The quantitative estimate of drug-likeness (QED) is 0.282. The molecule has 0 aliphatic rings. The summed E-state index contributed by atoms with van der Waals surface area (Å²) in [6.45, 7) is 0. The molecule has 0 aromatic rings. The van der Waals surface area contributed by atoms with Crippen molar-refractivity contribution in [3.8, 4) is 0 Å². The van der Waals surface area contributed by atoms with Crippen molar-refractivity contribution in [1.29, 1.82) is 0 Å². The third-order valence-electron chi connectivity index (χ3n) is 0.0845. The predicted octanol–water partition coefficient (Wildman–Crippen LogP) is -7.28. The first-order valence-corrected chi connectivity index (χ1v) is 2.35. The first-order valence-electron chi connectivity index (χ1n) is 0.885. The average Bonchev–Trinajstić information content (AvgIpc) is 1.35. The molecule has 38 valence electrons. The van der Waals surface area contributed by atoms with Gasteiger partial charge in [0.25, 0.3) is 0 Å². The maximum Gasteiger partial charge on any atom is 1.00 e. The van der Waals surface area contributed by atoms with Crippen molar-refractivity contribution < 1.29 is 82.7 Å². The van der Waals surface area contributed by atoms with Gasteiger partial charge in [-0.05, 0) is 4.53 Å². The zero-order chi connectivity index (χ0) is 5.21. The van der Waals surface area contributed by atoms with Crippen LogP contribution in [-0.2, 0) is 9.29 Å².